The molecule has 1 atom stereocenters. The van der Waals surface area contributed by atoms with Gasteiger partial charge < -0.3 is 10.0 Å². The van der Waals surface area contributed by atoms with E-state index in [0.717, 1.165) is 0 Å². The van der Waals surface area contributed by atoms with Crippen LogP contribution in [0.15, 0.2) is 24.3 Å². The lowest BCUT2D eigenvalue weighted by atomic mass is 10.1. The number of likely N-dealkylation sites (N-methyl/N-ethyl adjacent to an activating group) is 1. The van der Waals surface area contributed by atoms with Gasteiger partial charge in [0.2, 0.25) is 5.91 Å². The number of nitrogens with zero attached hydrogens (tertiary/aromatic N) is 2. The normalized spacial score (nSPS) is 21.1. The molecule has 1 aliphatic rings. The minimum atomic E-state index is -0.943. The first-order chi connectivity index (χ1) is 8.50. The average Bonchev–Trinajstić information content (AvgIpc) is 2.30. The zero-order chi connectivity index (χ0) is 13.3. The van der Waals surface area contributed by atoms with E-state index in [9.17, 15) is 9.59 Å². The summed E-state index contributed by atoms with van der Waals surface area (Å²) in [6.07, 6.45) is 0. The van der Waals surface area contributed by atoms with Crippen LogP contribution in [0.1, 0.15) is 0 Å². The van der Waals surface area contributed by atoms with E-state index in [2.05, 4.69) is 0 Å². The predicted octanol–water partition coefficient (Wildman–Crippen LogP) is 1.07. The van der Waals surface area contributed by atoms with Crippen molar-refractivity contribution in [2.24, 2.45) is 0 Å². The molecule has 0 radical (unpaired) electrons. The van der Waals surface area contributed by atoms with Crippen LogP contribution in [0.5, 0.6) is 0 Å². The number of rotatable bonds is 2. The largest absolute Gasteiger partial charge is 0.480 e. The molecule has 1 N–H and O–H groups in total. The molecule has 1 amide bonds. The highest BCUT2D eigenvalue weighted by atomic mass is 35.5. The number of carbonyl (C=O) groups excluding carboxylic acids is 1. The number of halogens is 1. The van der Waals surface area contributed by atoms with Crippen molar-refractivity contribution in [2.45, 2.75) is 6.04 Å². The summed E-state index contributed by atoms with van der Waals surface area (Å²) in [5, 5.41) is 9.56. The molecule has 1 saturated heterocycles. The molecule has 0 aliphatic carbocycles. The van der Waals surface area contributed by atoms with Gasteiger partial charge in [-0.2, -0.15) is 0 Å². The van der Waals surface area contributed by atoms with Crippen LogP contribution in [-0.2, 0) is 9.59 Å². The Morgan fingerprint density at radius 2 is 2.11 bits per heavy atom. The Morgan fingerprint density at radius 1 is 1.44 bits per heavy atom. The Bertz CT molecular complexity index is 492. The van der Waals surface area contributed by atoms with Gasteiger partial charge in [-0.25, -0.2) is 0 Å². The van der Waals surface area contributed by atoms with Crippen molar-refractivity contribution >= 4 is 29.2 Å². The topological polar surface area (TPSA) is 60.9 Å². The summed E-state index contributed by atoms with van der Waals surface area (Å²) >= 11 is 6.03. The van der Waals surface area contributed by atoms with Gasteiger partial charge >= 0.3 is 5.97 Å². The van der Waals surface area contributed by atoms with Crippen LogP contribution in [0.2, 0.25) is 5.02 Å². The standard InChI is InChI=1S/C12H13ClN2O3/c1-14-7-11(16)15(6-10(14)12(17)18)9-5-3-2-4-8(9)13/h2-5,10H,6-7H2,1H3,(H,17,18). The second-order valence-corrected chi connectivity index (χ2v) is 4.63. The summed E-state index contributed by atoms with van der Waals surface area (Å²) in [4.78, 5) is 26.0. The maximum atomic E-state index is 12.0. The summed E-state index contributed by atoms with van der Waals surface area (Å²) in [5.74, 6) is -1.09. The number of para-hydroxylation sites is 1. The van der Waals surface area contributed by atoms with Crippen LogP contribution in [0.25, 0.3) is 0 Å². The number of anilines is 1. The number of amides is 1. The number of benzene rings is 1. The van der Waals surface area contributed by atoms with Gasteiger partial charge in [-0.05, 0) is 19.2 Å². The van der Waals surface area contributed by atoms with Gasteiger partial charge in [-0.3, -0.25) is 14.5 Å². The van der Waals surface area contributed by atoms with Gasteiger partial charge in [0.05, 0.1) is 23.8 Å². The minimum absolute atomic E-state index is 0.0716. The molecule has 0 aromatic heterocycles. The van der Waals surface area contributed by atoms with Crippen LogP contribution in [0.4, 0.5) is 5.69 Å². The first-order valence-corrected chi connectivity index (χ1v) is 5.86. The van der Waals surface area contributed by atoms with E-state index in [1.807, 2.05) is 0 Å². The lowest BCUT2D eigenvalue weighted by Crippen LogP contribution is -2.57. The van der Waals surface area contributed by atoms with E-state index in [4.69, 9.17) is 16.7 Å². The van der Waals surface area contributed by atoms with Gasteiger partial charge in [0, 0.05) is 0 Å². The van der Waals surface area contributed by atoms with Crippen LogP contribution in [0.3, 0.4) is 0 Å². The predicted molar refractivity (Wildman–Crippen MR) is 67.9 cm³/mol. The number of carboxylic acids is 1. The molecule has 1 aromatic carbocycles. The molecule has 1 fully saturated rings. The van der Waals surface area contributed by atoms with Crippen molar-refractivity contribution in [2.75, 3.05) is 25.0 Å². The van der Waals surface area contributed by atoms with Gasteiger partial charge in [-0.15, -0.1) is 0 Å². The number of hydrogen-bond acceptors (Lipinski definition) is 3. The molecule has 0 saturated carbocycles. The number of aliphatic carboxylic acids is 1. The molecule has 1 unspecified atom stereocenters. The number of hydrogen-bond donors (Lipinski definition) is 1. The second kappa shape index (κ2) is 4.96. The van der Waals surface area contributed by atoms with E-state index in [0.29, 0.717) is 10.7 Å². The van der Waals surface area contributed by atoms with Gasteiger partial charge in [0.25, 0.3) is 0 Å². The molecule has 18 heavy (non-hydrogen) atoms. The summed E-state index contributed by atoms with van der Waals surface area (Å²) in [7, 11) is 1.63. The van der Waals surface area contributed by atoms with Gasteiger partial charge in [0.15, 0.2) is 0 Å². The van der Waals surface area contributed by atoms with Crippen molar-refractivity contribution < 1.29 is 14.7 Å². The number of carbonyl (C=O) groups is 2. The number of piperazine rings is 1. The maximum absolute atomic E-state index is 12.0. The monoisotopic (exact) mass is 268 g/mol. The van der Waals surface area contributed by atoms with E-state index >= 15 is 0 Å². The fourth-order valence-corrected chi connectivity index (χ4v) is 2.23. The molecular formula is C12H13ClN2O3. The average molecular weight is 269 g/mol. The lowest BCUT2D eigenvalue weighted by molar-refractivity contribution is -0.144. The summed E-state index contributed by atoms with van der Waals surface area (Å²) in [6, 6.07) is 6.21. The molecule has 1 heterocycles. The lowest BCUT2D eigenvalue weighted by Gasteiger charge is -2.37. The van der Waals surface area contributed by atoms with E-state index in [1.54, 1.807) is 31.3 Å². The van der Waals surface area contributed by atoms with Crippen LogP contribution in [0, 0.1) is 0 Å². The first-order valence-electron chi connectivity index (χ1n) is 5.48. The highest BCUT2D eigenvalue weighted by Gasteiger charge is 2.35. The zero-order valence-electron chi connectivity index (χ0n) is 9.84. The van der Waals surface area contributed by atoms with E-state index in [-0.39, 0.29) is 19.0 Å². The van der Waals surface area contributed by atoms with Gasteiger partial charge in [-0.1, -0.05) is 23.7 Å². The SMILES string of the molecule is CN1CC(=O)N(c2ccccc2Cl)CC1C(=O)O. The summed E-state index contributed by atoms with van der Waals surface area (Å²) in [5.41, 5.74) is 0.559. The quantitative estimate of drug-likeness (QED) is 0.872. The fourth-order valence-electron chi connectivity index (χ4n) is 1.99. The highest BCUT2D eigenvalue weighted by molar-refractivity contribution is 6.33. The molecule has 0 bridgehead atoms. The van der Waals surface area contributed by atoms with Crippen molar-refractivity contribution in [1.82, 2.24) is 4.90 Å². The van der Waals surface area contributed by atoms with Crippen molar-refractivity contribution in [3.8, 4) is 0 Å². The van der Waals surface area contributed by atoms with Gasteiger partial charge in [0.1, 0.15) is 6.04 Å². The third-order valence-corrected chi connectivity index (χ3v) is 3.32. The highest BCUT2D eigenvalue weighted by Crippen LogP contribution is 2.27. The van der Waals surface area contributed by atoms with Crippen LogP contribution in [-0.4, -0.2) is 48.1 Å². The van der Waals surface area contributed by atoms with Crippen molar-refractivity contribution in [1.29, 1.82) is 0 Å². The fraction of sp³-hybridized carbons (Fsp3) is 0.333. The van der Waals surface area contributed by atoms with Crippen molar-refractivity contribution in [3.63, 3.8) is 0 Å². The molecule has 1 aromatic rings. The van der Waals surface area contributed by atoms with Crippen LogP contribution < -0.4 is 4.90 Å². The Hall–Kier alpha value is -1.59. The Labute approximate surface area is 110 Å². The molecule has 0 spiro atoms. The molecule has 96 valence electrons. The molecule has 1 aliphatic heterocycles. The Balaban J connectivity index is 2.30. The molecule has 6 heteroatoms. The first kappa shape index (κ1) is 12.9. The molecule has 2 rings (SSSR count). The molecule has 5 nitrogen and oxygen atoms in total. The Kier molecular flexibility index (Phi) is 3.54. The zero-order valence-corrected chi connectivity index (χ0v) is 10.6. The third kappa shape index (κ3) is 2.32. The molecular weight excluding hydrogens is 256 g/mol. The summed E-state index contributed by atoms with van der Waals surface area (Å²) < 4.78 is 0. The number of carboxylic acid groups (broad SMARTS) is 1. The van der Waals surface area contributed by atoms with E-state index < -0.39 is 12.0 Å². The second-order valence-electron chi connectivity index (χ2n) is 4.22. The Morgan fingerprint density at radius 3 is 2.72 bits per heavy atom. The smallest absolute Gasteiger partial charge is 0.322 e. The maximum Gasteiger partial charge on any atom is 0.322 e. The minimum Gasteiger partial charge on any atom is -0.480 e. The summed E-state index contributed by atoms with van der Waals surface area (Å²) in [6.45, 7) is 0.177. The third-order valence-electron chi connectivity index (χ3n) is 3.00. The van der Waals surface area contributed by atoms with Crippen LogP contribution >= 0.6 is 11.6 Å². The van der Waals surface area contributed by atoms with E-state index in [1.165, 1.54) is 9.80 Å². The van der Waals surface area contributed by atoms with Crippen molar-refractivity contribution in [3.05, 3.63) is 29.3 Å².